The number of sulfone groups is 1. The van der Waals surface area contributed by atoms with E-state index in [0.717, 1.165) is 16.9 Å². The summed E-state index contributed by atoms with van der Waals surface area (Å²) in [7, 11) is -2.98. The number of hydrogen-bond donors (Lipinski definition) is 1. The van der Waals surface area contributed by atoms with Crippen molar-refractivity contribution < 1.29 is 18.3 Å². The molecule has 7 heteroatoms. The average molecular weight is 424 g/mol. The van der Waals surface area contributed by atoms with E-state index in [2.05, 4.69) is 17.9 Å². The molecule has 0 spiro atoms. The number of thiophene rings is 1. The zero-order chi connectivity index (χ0) is 20.3. The lowest BCUT2D eigenvalue weighted by Gasteiger charge is -2.30. The van der Waals surface area contributed by atoms with Crippen LogP contribution in [-0.4, -0.2) is 55.2 Å². The molecule has 0 amide bonds. The summed E-state index contributed by atoms with van der Waals surface area (Å²) in [6.45, 7) is 7.34. The van der Waals surface area contributed by atoms with Crippen molar-refractivity contribution >= 4 is 21.2 Å². The van der Waals surface area contributed by atoms with Crippen LogP contribution in [0, 0.1) is 20.8 Å². The lowest BCUT2D eigenvalue weighted by Crippen LogP contribution is -2.42. The maximum Gasteiger partial charge on any atom is 0.151 e. The lowest BCUT2D eigenvalue weighted by molar-refractivity contribution is 0.0526. The highest BCUT2D eigenvalue weighted by molar-refractivity contribution is 7.91. The molecule has 0 radical (unpaired) electrons. The zero-order valence-corrected chi connectivity index (χ0v) is 18.4. The molecule has 1 aromatic heterocycles. The average Bonchev–Trinajstić information content (AvgIpc) is 3.20. The standard InChI is InChI=1S/C21H29NO4S2/c1-15-5-4-6-20(17(15)3)26-13-19(23)11-22(12-21-16(2)7-9-27-21)18-8-10-28(24,25)14-18/h4-7,9,18-19,23H,8,10-14H2,1-3H3. The highest BCUT2D eigenvalue weighted by Crippen LogP contribution is 2.25. The van der Waals surface area contributed by atoms with Gasteiger partial charge < -0.3 is 9.84 Å². The van der Waals surface area contributed by atoms with Crippen molar-refractivity contribution in [2.24, 2.45) is 0 Å². The molecule has 2 atom stereocenters. The highest BCUT2D eigenvalue weighted by Gasteiger charge is 2.33. The molecule has 1 aromatic carbocycles. The summed E-state index contributed by atoms with van der Waals surface area (Å²) in [6, 6.07) is 7.90. The molecule has 2 heterocycles. The van der Waals surface area contributed by atoms with E-state index in [4.69, 9.17) is 4.74 Å². The first-order valence-electron chi connectivity index (χ1n) is 9.59. The van der Waals surface area contributed by atoms with Gasteiger partial charge in [-0.1, -0.05) is 12.1 Å². The molecular formula is C21H29NO4S2. The molecule has 5 nitrogen and oxygen atoms in total. The van der Waals surface area contributed by atoms with Gasteiger partial charge >= 0.3 is 0 Å². The Labute approximate surface area is 171 Å². The number of hydrogen-bond acceptors (Lipinski definition) is 6. The largest absolute Gasteiger partial charge is 0.491 e. The van der Waals surface area contributed by atoms with Crippen LogP contribution in [0.1, 0.15) is 28.0 Å². The first kappa shape index (κ1) is 21.3. The van der Waals surface area contributed by atoms with Gasteiger partial charge in [0.25, 0.3) is 0 Å². The van der Waals surface area contributed by atoms with Gasteiger partial charge in [0.2, 0.25) is 0 Å². The zero-order valence-electron chi connectivity index (χ0n) is 16.7. The van der Waals surface area contributed by atoms with E-state index in [-0.39, 0.29) is 24.2 Å². The van der Waals surface area contributed by atoms with Gasteiger partial charge in [-0.15, -0.1) is 11.3 Å². The molecule has 1 N–H and O–H groups in total. The van der Waals surface area contributed by atoms with Crippen LogP contribution in [0.15, 0.2) is 29.6 Å². The summed E-state index contributed by atoms with van der Waals surface area (Å²) in [4.78, 5) is 3.33. The van der Waals surface area contributed by atoms with E-state index in [1.807, 2.05) is 37.4 Å². The Morgan fingerprint density at radius 2 is 2.04 bits per heavy atom. The van der Waals surface area contributed by atoms with E-state index >= 15 is 0 Å². The molecule has 1 fully saturated rings. The van der Waals surface area contributed by atoms with E-state index in [1.54, 1.807) is 11.3 Å². The fraction of sp³-hybridized carbons (Fsp3) is 0.524. The molecule has 1 saturated heterocycles. The number of rotatable bonds is 8. The molecule has 2 aromatic rings. The smallest absolute Gasteiger partial charge is 0.151 e. The minimum Gasteiger partial charge on any atom is -0.491 e. The predicted octanol–water partition coefficient (Wildman–Crippen LogP) is 3.10. The van der Waals surface area contributed by atoms with Crippen LogP contribution in [0.25, 0.3) is 0 Å². The van der Waals surface area contributed by atoms with Gasteiger partial charge in [-0.25, -0.2) is 8.42 Å². The number of aliphatic hydroxyl groups excluding tert-OH is 1. The Hall–Kier alpha value is -1.41. The summed E-state index contributed by atoms with van der Waals surface area (Å²) in [5, 5.41) is 12.7. The van der Waals surface area contributed by atoms with Crippen LogP contribution in [-0.2, 0) is 16.4 Å². The molecule has 3 rings (SSSR count). The molecule has 1 aliphatic heterocycles. The third kappa shape index (κ3) is 5.35. The molecule has 154 valence electrons. The molecular weight excluding hydrogens is 394 g/mol. The second kappa shape index (κ2) is 8.95. The van der Waals surface area contributed by atoms with Crippen molar-refractivity contribution in [1.29, 1.82) is 0 Å². The molecule has 1 aliphatic rings. The second-order valence-corrected chi connectivity index (χ2v) is 10.9. The molecule has 0 saturated carbocycles. The van der Waals surface area contributed by atoms with Crippen LogP contribution >= 0.6 is 11.3 Å². The number of benzene rings is 1. The van der Waals surface area contributed by atoms with E-state index in [0.29, 0.717) is 19.5 Å². The van der Waals surface area contributed by atoms with E-state index in [9.17, 15) is 13.5 Å². The topological polar surface area (TPSA) is 66.8 Å². The van der Waals surface area contributed by atoms with Gasteiger partial charge in [-0.3, -0.25) is 4.90 Å². The Balaban J connectivity index is 1.66. The summed E-state index contributed by atoms with van der Waals surface area (Å²) in [6.07, 6.45) is -0.0689. The van der Waals surface area contributed by atoms with Crippen LogP contribution in [0.3, 0.4) is 0 Å². The maximum atomic E-state index is 12.0. The summed E-state index contributed by atoms with van der Waals surface area (Å²) in [5.41, 5.74) is 3.43. The van der Waals surface area contributed by atoms with Gasteiger partial charge in [0, 0.05) is 24.0 Å². The summed E-state index contributed by atoms with van der Waals surface area (Å²) >= 11 is 1.67. The fourth-order valence-corrected chi connectivity index (χ4v) is 6.24. The Kier molecular flexibility index (Phi) is 6.81. The predicted molar refractivity (Wildman–Crippen MR) is 114 cm³/mol. The Morgan fingerprint density at radius 1 is 1.25 bits per heavy atom. The molecule has 2 unspecified atom stereocenters. The maximum absolute atomic E-state index is 12.0. The van der Waals surface area contributed by atoms with Crippen molar-refractivity contribution in [3.8, 4) is 5.75 Å². The Morgan fingerprint density at radius 3 is 2.68 bits per heavy atom. The SMILES string of the molecule is Cc1ccsc1CN(CC(O)COc1cccc(C)c1C)C1CCS(=O)(=O)C1. The number of aliphatic hydroxyl groups is 1. The molecule has 0 bridgehead atoms. The first-order chi connectivity index (χ1) is 13.2. The van der Waals surface area contributed by atoms with E-state index in [1.165, 1.54) is 10.4 Å². The quantitative estimate of drug-likeness (QED) is 0.707. The summed E-state index contributed by atoms with van der Waals surface area (Å²) in [5.74, 6) is 1.18. The van der Waals surface area contributed by atoms with Gasteiger partial charge in [-0.05, 0) is 61.4 Å². The van der Waals surface area contributed by atoms with Crippen molar-refractivity contribution in [2.75, 3.05) is 24.7 Å². The monoisotopic (exact) mass is 423 g/mol. The van der Waals surface area contributed by atoms with Crippen LogP contribution in [0.2, 0.25) is 0 Å². The van der Waals surface area contributed by atoms with Crippen LogP contribution < -0.4 is 4.74 Å². The minimum absolute atomic E-state index is 0.0538. The van der Waals surface area contributed by atoms with Crippen molar-refractivity contribution in [1.82, 2.24) is 4.90 Å². The lowest BCUT2D eigenvalue weighted by atomic mass is 10.1. The minimum atomic E-state index is -2.98. The highest BCUT2D eigenvalue weighted by atomic mass is 32.2. The second-order valence-electron chi connectivity index (χ2n) is 7.68. The van der Waals surface area contributed by atoms with Crippen molar-refractivity contribution in [2.45, 2.75) is 45.9 Å². The van der Waals surface area contributed by atoms with E-state index < -0.39 is 15.9 Å². The molecule has 0 aliphatic carbocycles. The third-order valence-corrected chi connectivity index (χ3v) is 8.23. The van der Waals surface area contributed by atoms with Gasteiger partial charge in [-0.2, -0.15) is 0 Å². The summed E-state index contributed by atoms with van der Waals surface area (Å²) < 4.78 is 29.8. The number of ether oxygens (including phenoxy) is 1. The van der Waals surface area contributed by atoms with Crippen LogP contribution in [0.5, 0.6) is 5.75 Å². The van der Waals surface area contributed by atoms with Gasteiger partial charge in [0.15, 0.2) is 9.84 Å². The van der Waals surface area contributed by atoms with Crippen molar-refractivity contribution in [3.63, 3.8) is 0 Å². The first-order valence-corrected chi connectivity index (χ1v) is 12.3. The van der Waals surface area contributed by atoms with Crippen LogP contribution in [0.4, 0.5) is 0 Å². The number of aryl methyl sites for hydroxylation is 2. The third-order valence-electron chi connectivity index (χ3n) is 5.47. The molecule has 28 heavy (non-hydrogen) atoms. The van der Waals surface area contributed by atoms with Gasteiger partial charge in [0.05, 0.1) is 11.5 Å². The fourth-order valence-electron chi connectivity index (χ4n) is 3.55. The number of nitrogens with zero attached hydrogens (tertiary/aromatic N) is 1. The van der Waals surface area contributed by atoms with Crippen molar-refractivity contribution in [3.05, 3.63) is 51.2 Å². The Bertz CT molecular complexity index is 907. The normalized spacial score (nSPS) is 19.8. The van der Waals surface area contributed by atoms with Gasteiger partial charge in [0.1, 0.15) is 18.5 Å².